The Morgan fingerprint density at radius 2 is 1.59 bits per heavy atom. The van der Waals surface area contributed by atoms with Crippen molar-refractivity contribution in [2.24, 2.45) is 0 Å². The Morgan fingerprint density at radius 1 is 0.926 bits per heavy atom. The number of fused-ring (bicyclic) bond motifs is 1. The minimum absolute atomic E-state index is 0.130. The highest BCUT2D eigenvalue weighted by Crippen LogP contribution is 2.27. The largest absolute Gasteiger partial charge is 0.323 e. The zero-order valence-electron chi connectivity index (χ0n) is 14.3. The topological polar surface area (TPSA) is 78.5 Å². The molecule has 2 aromatic carbocycles. The van der Waals surface area contributed by atoms with Crippen molar-refractivity contribution >= 4 is 29.2 Å². The van der Waals surface area contributed by atoms with E-state index in [4.69, 9.17) is 0 Å². The second-order valence-electron chi connectivity index (χ2n) is 6.14. The number of carbonyl (C=O) groups is 3. The van der Waals surface area contributed by atoms with E-state index in [1.807, 2.05) is 5.32 Å². The van der Waals surface area contributed by atoms with Crippen LogP contribution in [0.3, 0.4) is 0 Å². The third-order valence-corrected chi connectivity index (χ3v) is 3.98. The molecule has 0 unspecified atom stereocenters. The van der Waals surface area contributed by atoms with Gasteiger partial charge in [-0.25, -0.2) is 18.0 Å². The number of carbonyl (C=O) groups excluding carboxylic acids is 3. The zero-order chi connectivity index (χ0) is 19.9. The maximum absolute atomic E-state index is 13.6. The van der Waals surface area contributed by atoms with Crippen LogP contribution in [0.5, 0.6) is 0 Å². The maximum atomic E-state index is 13.6. The number of nitrogens with zero attached hydrogens (tertiary/aromatic N) is 1. The molecule has 27 heavy (non-hydrogen) atoms. The molecule has 1 aliphatic heterocycles. The second kappa shape index (κ2) is 6.75. The first-order chi connectivity index (χ1) is 12.7. The van der Waals surface area contributed by atoms with Gasteiger partial charge in [-0.1, -0.05) is 0 Å². The van der Waals surface area contributed by atoms with E-state index in [1.165, 1.54) is 18.2 Å². The minimum atomic E-state index is -1.71. The molecular weight excluding hydrogens is 363 g/mol. The van der Waals surface area contributed by atoms with Crippen LogP contribution < -0.4 is 10.6 Å². The Balaban J connectivity index is 1.79. The molecule has 1 aliphatic rings. The number of amides is 4. The summed E-state index contributed by atoms with van der Waals surface area (Å²) in [4.78, 5) is 37.6. The molecule has 3 rings (SSSR count). The van der Waals surface area contributed by atoms with E-state index < -0.39 is 41.0 Å². The van der Waals surface area contributed by atoms with E-state index in [9.17, 15) is 27.6 Å². The van der Waals surface area contributed by atoms with Crippen molar-refractivity contribution in [3.8, 4) is 0 Å². The predicted octanol–water partition coefficient (Wildman–Crippen LogP) is 3.75. The number of urea groups is 1. The third-order valence-electron chi connectivity index (χ3n) is 3.98. The fourth-order valence-electron chi connectivity index (χ4n) is 2.71. The molecule has 2 aromatic rings. The molecule has 1 heterocycles. The summed E-state index contributed by atoms with van der Waals surface area (Å²) < 4.78 is 39.7. The second-order valence-corrected chi connectivity index (χ2v) is 6.14. The molecular formula is C18H14F3N3O3. The van der Waals surface area contributed by atoms with Crippen molar-refractivity contribution in [1.29, 1.82) is 0 Å². The summed E-state index contributed by atoms with van der Waals surface area (Å²) in [6, 6.07) is 4.40. The van der Waals surface area contributed by atoms with Gasteiger partial charge in [-0.3, -0.25) is 14.5 Å². The molecule has 140 valence electrons. The first-order valence-corrected chi connectivity index (χ1v) is 7.94. The van der Waals surface area contributed by atoms with E-state index >= 15 is 0 Å². The van der Waals surface area contributed by atoms with Crippen LogP contribution in [0, 0.1) is 17.5 Å². The minimum Gasteiger partial charge on any atom is -0.308 e. The van der Waals surface area contributed by atoms with E-state index in [1.54, 1.807) is 13.8 Å². The van der Waals surface area contributed by atoms with Gasteiger partial charge >= 0.3 is 6.03 Å². The van der Waals surface area contributed by atoms with Gasteiger partial charge in [0.15, 0.2) is 17.5 Å². The summed E-state index contributed by atoms with van der Waals surface area (Å²) >= 11 is 0. The van der Waals surface area contributed by atoms with Crippen LogP contribution in [0.1, 0.15) is 34.6 Å². The molecule has 0 fully saturated rings. The van der Waals surface area contributed by atoms with Gasteiger partial charge in [0.05, 0.1) is 16.8 Å². The molecule has 4 amide bonds. The highest BCUT2D eigenvalue weighted by molar-refractivity contribution is 6.22. The van der Waals surface area contributed by atoms with Gasteiger partial charge in [-0.05, 0) is 44.2 Å². The number of rotatable bonds is 3. The van der Waals surface area contributed by atoms with Crippen LogP contribution in [0.25, 0.3) is 0 Å². The number of hydrogen-bond acceptors (Lipinski definition) is 3. The molecule has 6 nitrogen and oxygen atoms in total. The Hall–Kier alpha value is -3.36. The number of halogens is 3. The molecule has 0 radical (unpaired) electrons. The van der Waals surface area contributed by atoms with Crippen molar-refractivity contribution < 1.29 is 27.6 Å². The highest BCUT2D eigenvalue weighted by Gasteiger charge is 2.37. The van der Waals surface area contributed by atoms with Gasteiger partial charge in [0.2, 0.25) is 0 Å². The predicted molar refractivity (Wildman–Crippen MR) is 91.0 cm³/mol. The van der Waals surface area contributed by atoms with Gasteiger partial charge in [0.1, 0.15) is 0 Å². The smallest absolute Gasteiger partial charge is 0.308 e. The van der Waals surface area contributed by atoms with Crippen LogP contribution in [0.2, 0.25) is 0 Å². The number of imide groups is 1. The molecule has 2 N–H and O–H groups in total. The lowest BCUT2D eigenvalue weighted by molar-refractivity contribution is 0.0609. The first-order valence-electron chi connectivity index (χ1n) is 7.94. The average molecular weight is 377 g/mol. The lowest BCUT2D eigenvalue weighted by atomic mass is 10.1. The fraction of sp³-hybridized carbons (Fsp3) is 0.167. The van der Waals surface area contributed by atoms with Crippen molar-refractivity contribution in [2.75, 3.05) is 10.6 Å². The first kappa shape index (κ1) is 18.4. The van der Waals surface area contributed by atoms with Gasteiger partial charge < -0.3 is 10.6 Å². The summed E-state index contributed by atoms with van der Waals surface area (Å²) in [6.45, 7) is 3.40. The summed E-state index contributed by atoms with van der Waals surface area (Å²) in [6.07, 6.45) is 0. The summed E-state index contributed by atoms with van der Waals surface area (Å²) in [5, 5.41) is 4.39. The monoisotopic (exact) mass is 377 g/mol. The van der Waals surface area contributed by atoms with Crippen LogP contribution in [-0.2, 0) is 0 Å². The number of hydrogen-bond donors (Lipinski definition) is 2. The molecule has 0 saturated carbocycles. The quantitative estimate of drug-likeness (QED) is 0.632. The van der Waals surface area contributed by atoms with Crippen molar-refractivity contribution in [3.63, 3.8) is 0 Å². The van der Waals surface area contributed by atoms with E-state index in [2.05, 4.69) is 5.32 Å². The molecule has 0 aliphatic carbocycles. The summed E-state index contributed by atoms with van der Waals surface area (Å²) in [7, 11) is 0. The summed E-state index contributed by atoms with van der Waals surface area (Å²) in [5.74, 6) is -5.53. The van der Waals surface area contributed by atoms with E-state index in [0.717, 1.165) is 11.0 Å². The molecule has 0 bridgehead atoms. The normalized spacial score (nSPS) is 13.2. The van der Waals surface area contributed by atoms with Gasteiger partial charge in [-0.15, -0.1) is 0 Å². The molecule has 9 heteroatoms. The van der Waals surface area contributed by atoms with E-state index in [0.29, 0.717) is 6.07 Å². The lowest BCUT2D eigenvalue weighted by Crippen LogP contribution is -2.35. The average Bonchev–Trinajstić information content (AvgIpc) is 2.86. The number of benzene rings is 2. The molecule has 0 atom stereocenters. The van der Waals surface area contributed by atoms with Crippen LogP contribution >= 0.6 is 0 Å². The number of nitrogens with one attached hydrogen (secondary N) is 2. The summed E-state index contributed by atoms with van der Waals surface area (Å²) in [5.41, 5.74) is -0.0392. The fourth-order valence-corrected chi connectivity index (χ4v) is 2.71. The Bertz CT molecular complexity index is 976. The molecule has 0 spiro atoms. The standard InChI is InChI=1S/C18H14F3N3O3/c1-8(2)24-16(25)10-4-3-9(7-11(10)17(24)26)22-18(27)23-13-6-5-12(19)14(20)15(13)21/h3-8H,1-2H3,(H2,22,23,27). The van der Waals surface area contributed by atoms with Crippen molar-refractivity contribution in [3.05, 3.63) is 58.9 Å². The van der Waals surface area contributed by atoms with Crippen molar-refractivity contribution in [1.82, 2.24) is 4.90 Å². The van der Waals surface area contributed by atoms with Gasteiger partial charge in [-0.2, -0.15) is 0 Å². The number of anilines is 2. The van der Waals surface area contributed by atoms with Gasteiger partial charge in [0.25, 0.3) is 11.8 Å². The van der Waals surface area contributed by atoms with E-state index in [-0.39, 0.29) is 22.9 Å². The lowest BCUT2D eigenvalue weighted by Gasteiger charge is -2.17. The zero-order valence-corrected chi connectivity index (χ0v) is 14.3. The van der Waals surface area contributed by atoms with Crippen LogP contribution in [0.15, 0.2) is 30.3 Å². The SMILES string of the molecule is CC(C)N1C(=O)c2ccc(NC(=O)Nc3ccc(F)c(F)c3F)cc2C1=O. The Kier molecular flexibility index (Phi) is 4.61. The van der Waals surface area contributed by atoms with Crippen molar-refractivity contribution in [2.45, 2.75) is 19.9 Å². The third kappa shape index (κ3) is 3.23. The molecule has 0 saturated heterocycles. The Labute approximate surface area is 152 Å². The van der Waals surface area contributed by atoms with Crippen LogP contribution in [0.4, 0.5) is 29.3 Å². The molecule has 0 aromatic heterocycles. The highest BCUT2D eigenvalue weighted by atomic mass is 19.2. The Morgan fingerprint density at radius 3 is 2.26 bits per heavy atom. The van der Waals surface area contributed by atoms with Gasteiger partial charge in [0, 0.05) is 11.7 Å². The van der Waals surface area contributed by atoms with Crippen LogP contribution in [-0.4, -0.2) is 28.8 Å². The maximum Gasteiger partial charge on any atom is 0.323 e.